The SMILES string of the molecule is CC1CCCCN1CCNC(=O)/C=C/c1ccc(F)cc1. The number of hydrogen-bond donors (Lipinski definition) is 1. The van der Waals surface area contributed by atoms with Gasteiger partial charge in [-0.25, -0.2) is 4.39 Å². The van der Waals surface area contributed by atoms with Crippen LogP contribution >= 0.6 is 0 Å². The van der Waals surface area contributed by atoms with E-state index in [2.05, 4.69) is 17.1 Å². The molecule has 1 aliphatic rings. The van der Waals surface area contributed by atoms with Gasteiger partial charge in [-0.3, -0.25) is 9.69 Å². The van der Waals surface area contributed by atoms with E-state index < -0.39 is 0 Å². The van der Waals surface area contributed by atoms with Crippen molar-refractivity contribution < 1.29 is 9.18 Å². The van der Waals surface area contributed by atoms with E-state index in [1.54, 1.807) is 18.2 Å². The minimum absolute atomic E-state index is 0.107. The second kappa shape index (κ2) is 7.93. The van der Waals surface area contributed by atoms with Crippen molar-refractivity contribution in [1.82, 2.24) is 10.2 Å². The van der Waals surface area contributed by atoms with Gasteiger partial charge < -0.3 is 5.32 Å². The number of piperidine rings is 1. The van der Waals surface area contributed by atoms with Gasteiger partial charge in [0.25, 0.3) is 0 Å². The Morgan fingerprint density at radius 2 is 2.14 bits per heavy atom. The molecular formula is C17H23FN2O. The lowest BCUT2D eigenvalue weighted by atomic mass is 10.0. The number of carbonyl (C=O) groups excluding carboxylic acids is 1. The molecule has 1 unspecified atom stereocenters. The van der Waals surface area contributed by atoms with E-state index in [0.717, 1.165) is 18.7 Å². The van der Waals surface area contributed by atoms with Crippen LogP contribution in [0.1, 0.15) is 31.7 Å². The summed E-state index contributed by atoms with van der Waals surface area (Å²) < 4.78 is 12.8. The molecule has 4 heteroatoms. The lowest BCUT2D eigenvalue weighted by Gasteiger charge is -2.33. The van der Waals surface area contributed by atoms with Crippen molar-refractivity contribution in [3.63, 3.8) is 0 Å². The first-order valence-corrected chi connectivity index (χ1v) is 7.60. The molecule has 1 aliphatic heterocycles. The van der Waals surface area contributed by atoms with Gasteiger partial charge in [0.05, 0.1) is 0 Å². The first-order valence-electron chi connectivity index (χ1n) is 7.60. The number of nitrogens with zero attached hydrogens (tertiary/aromatic N) is 1. The van der Waals surface area contributed by atoms with Crippen LogP contribution in [0.3, 0.4) is 0 Å². The number of halogens is 1. The summed E-state index contributed by atoms with van der Waals surface area (Å²) in [5.41, 5.74) is 0.816. The van der Waals surface area contributed by atoms with Crippen molar-refractivity contribution in [2.75, 3.05) is 19.6 Å². The molecule has 1 N–H and O–H groups in total. The Balaban J connectivity index is 1.70. The fourth-order valence-electron chi connectivity index (χ4n) is 2.62. The highest BCUT2D eigenvalue weighted by Crippen LogP contribution is 2.15. The Morgan fingerprint density at radius 3 is 2.86 bits per heavy atom. The molecule has 0 aliphatic carbocycles. The van der Waals surface area contributed by atoms with Crippen LogP contribution in [0.15, 0.2) is 30.3 Å². The van der Waals surface area contributed by atoms with E-state index in [-0.39, 0.29) is 11.7 Å². The molecule has 1 aromatic carbocycles. The average molecular weight is 290 g/mol. The van der Waals surface area contributed by atoms with Gasteiger partial charge in [-0.1, -0.05) is 18.6 Å². The predicted molar refractivity (Wildman–Crippen MR) is 83.3 cm³/mol. The molecule has 2 rings (SSSR count). The summed E-state index contributed by atoms with van der Waals surface area (Å²) >= 11 is 0. The van der Waals surface area contributed by atoms with Crippen LogP contribution in [0.25, 0.3) is 6.08 Å². The molecule has 0 saturated carbocycles. The van der Waals surface area contributed by atoms with E-state index in [4.69, 9.17) is 0 Å². The fourth-order valence-corrected chi connectivity index (χ4v) is 2.62. The largest absolute Gasteiger partial charge is 0.351 e. The number of likely N-dealkylation sites (tertiary alicyclic amines) is 1. The highest BCUT2D eigenvalue weighted by atomic mass is 19.1. The number of rotatable bonds is 5. The number of benzene rings is 1. The summed E-state index contributed by atoms with van der Waals surface area (Å²) in [5.74, 6) is -0.378. The zero-order valence-electron chi connectivity index (χ0n) is 12.5. The molecule has 0 spiro atoms. The third kappa shape index (κ3) is 5.31. The molecule has 0 aromatic heterocycles. The van der Waals surface area contributed by atoms with E-state index in [0.29, 0.717) is 12.6 Å². The first-order chi connectivity index (χ1) is 10.1. The van der Waals surface area contributed by atoms with E-state index >= 15 is 0 Å². The second-order valence-corrected chi connectivity index (χ2v) is 5.56. The Labute approximate surface area is 125 Å². The zero-order chi connectivity index (χ0) is 15.1. The molecule has 0 radical (unpaired) electrons. The molecule has 21 heavy (non-hydrogen) atoms. The Morgan fingerprint density at radius 1 is 1.38 bits per heavy atom. The summed E-state index contributed by atoms with van der Waals surface area (Å²) in [7, 11) is 0. The summed E-state index contributed by atoms with van der Waals surface area (Å²) in [6, 6.07) is 6.68. The number of nitrogens with one attached hydrogen (secondary N) is 1. The van der Waals surface area contributed by atoms with Crippen LogP contribution < -0.4 is 5.32 Å². The Hall–Kier alpha value is -1.68. The molecule has 114 valence electrons. The van der Waals surface area contributed by atoms with Crippen LogP contribution in [-0.2, 0) is 4.79 Å². The van der Waals surface area contributed by atoms with Crippen molar-refractivity contribution in [2.45, 2.75) is 32.2 Å². The molecular weight excluding hydrogens is 267 g/mol. The predicted octanol–water partition coefficient (Wildman–Crippen LogP) is 2.83. The van der Waals surface area contributed by atoms with Crippen molar-refractivity contribution in [1.29, 1.82) is 0 Å². The van der Waals surface area contributed by atoms with E-state index in [1.165, 1.54) is 37.5 Å². The van der Waals surface area contributed by atoms with Gasteiger partial charge in [-0.2, -0.15) is 0 Å². The normalized spacial score (nSPS) is 19.8. The molecule has 1 heterocycles. The zero-order valence-corrected chi connectivity index (χ0v) is 12.5. The lowest BCUT2D eigenvalue weighted by Crippen LogP contribution is -2.42. The van der Waals surface area contributed by atoms with Crippen LogP contribution in [0.4, 0.5) is 4.39 Å². The van der Waals surface area contributed by atoms with Gasteiger partial charge >= 0.3 is 0 Å². The highest BCUT2D eigenvalue weighted by molar-refractivity contribution is 5.91. The van der Waals surface area contributed by atoms with Crippen molar-refractivity contribution in [3.8, 4) is 0 Å². The molecule has 0 bridgehead atoms. The quantitative estimate of drug-likeness (QED) is 0.846. The summed E-state index contributed by atoms with van der Waals surface area (Å²) in [4.78, 5) is 14.1. The Bertz CT molecular complexity index is 484. The van der Waals surface area contributed by atoms with Crippen LogP contribution in [0.5, 0.6) is 0 Å². The van der Waals surface area contributed by atoms with Gasteiger partial charge in [-0.15, -0.1) is 0 Å². The minimum Gasteiger partial charge on any atom is -0.351 e. The Kier molecular flexibility index (Phi) is 5.93. The van der Waals surface area contributed by atoms with Crippen molar-refractivity contribution >= 4 is 12.0 Å². The van der Waals surface area contributed by atoms with Gasteiger partial charge in [0.15, 0.2) is 0 Å². The summed E-state index contributed by atoms with van der Waals surface area (Å²) in [5, 5.41) is 2.89. The van der Waals surface area contributed by atoms with Gasteiger partial charge in [0, 0.05) is 25.2 Å². The highest BCUT2D eigenvalue weighted by Gasteiger charge is 2.17. The van der Waals surface area contributed by atoms with Crippen LogP contribution in [-0.4, -0.2) is 36.5 Å². The molecule has 1 aromatic rings. The number of carbonyl (C=O) groups is 1. The van der Waals surface area contributed by atoms with Crippen LogP contribution in [0.2, 0.25) is 0 Å². The third-order valence-electron chi connectivity index (χ3n) is 3.94. The average Bonchev–Trinajstić information content (AvgIpc) is 2.49. The molecule has 1 saturated heterocycles. The smallest absolute Gasteiger partial charge is 0.244 e. The van der Waals surface area contributed by atoms with E-state index in [9.17, 15) is 9.18 Å². The maximum Gasteiger partial charge on any atom is 0.244 e. The van der Waals surface area contributed by atoms with E-state index in [1.807, 2.05) is 0 Å². The third-order valence-corrected chi connectivity index (χ3v) is 3.94. The van der Waals surface area contributed by atoms with Crippen molar-refractivity contribution in [3.05, 3.63) is 41.7 Å². The standard InChI is InChI=1S/C17H23FN2O/c1-14-4-2-3-12-20(14)13-11-19-17(21)10-7-15-5-8-16(18)9-6-15/h5-10,14H,2-4,11-13H2,1H3,(H,19,21)/b10-7+. The number of hydrogen-bond acceptors (Lipinski definition) is 2. The van der Waals surface area contributed by atoms with Gasteiger partial charge in [-0.05, 0) is 50.1 Å². The molecule has 1 fully saturated rings. The molecule has 1 amide bonds. The summed E-state index contributed by atoms with van der Waals surface area (Å²) in [6.45, 7) is 4.94. The van der Waals surface area contributed by atoms with Gasteiger partial charge in [0.2, 0.25) is 5.91 Å². The van der Waals surface area contributed by atoms with Gasteiger partial charge in [0.1, 0.15) is 5.82 Å². The molecule has 3 nitrogen and oxygen atoms in total. The monoisotopic (exact) mass is 290 g/mol. The second-order valence-electron chi connectivity index (χ2n) is 5.56. The maximum atomic E-state index is 12.8. The lowest BCUT2D eigenvalue weighted by molar-refractivity contribution is -0.116. The minimum atomic E-state index is -0.271. The fraction of sp³-hybridized carbons (Fsp3) is 0.471. The first kappa shape index (κ1) is 15.7. The molecule has 1 atom stereocenters. The number of amides is 1. The van der Waals surface area contributed by atoms with Crippen LogP contribution in [0, 0.1) is 5.82 Å². The van der Waals surface area contributed by atoms with Crippen molar-refractivity contribution in [2.24, 2.45) is 0 Å². The maximum absolute atomic E-state index is 12.8. The topological polar surface area (TPSA) is 32.3 Å². The summed E-state index contributed by atoms with van der Waals surface area (Å²) in [6.07, 6.45) is 7.00.